The molecule has 2 aliphatic rings. The van der Waals surface area contributed by atoms with Gasteiger partial charge >= 0.3 is 0 Å². The second-order valence-corrected chi connectivity index (χ2v) is 7.24. The predicted molar refractivity (Wildman–Crippen MR) is 81.9 cm³/mol. The van der Waals surface area contributed by atoms with E-state index in [1.807, 2.05) is 18.2 Å². The van der Waals surface area contributed by atoms with E-state index in [4.69, 9.17) is 0 Å². The summed E-state index contributed by atoms with van der Waals surface area (Å²) >= 11 is 0. The SMILES string of the molecule is CC(C)(C)C1CC(C(=O)Nc2cccc3c2C(=O)NC3)C1. The minimum absolute atomic E-state index is 0.0450. The third-order valence-corrected chi connectivity index (χ3v) is 4.81. The lowest BCUT2D eigenvalue weighted by Gasteiger charge is -2.42. The zero-order chi connectivity index (χ0) is 15.2. The van der Waals surface area contributed by atoms with Crippen molar-refractivity contribution in [3.05, 3.63) is 29.3 Å². The first kappa shape index (κ1) is 14.1. The van der Waals surface area contributed by atoms with Gasteiger partial charge in [-0.15, -0.1) is 0 Å². The lowest BCUT2D eigenvalue weighted by atomic mass is 9.63. The molecular formula is C17H22N2O2. The molecule has 1 aliphatic heterocycles. The Balaban J connectivity index is 1.68. The zero-order valence-corrected chi connectivity index (χ0v) is 12.8. The summed E-state index contributed by atoms with van der Waals surface area (Å²) in [5.41, 5.74) is 2.49. The average Bonchev–Trinajstić information content (AvgIpc) is 2.68. The van der Waals surface area contributed by atoms with E-state index in [1.54, 1.807) is 0 Å². The molecule has 4 heteroatoms. The maximum atomic E-state index is 12.3. The standard InChI is InChI=1S/C17H22N2O2/c1-17(2,3)12-7-11(8-12)15(20)19-13-6-4-5-10-9-18-16(21)14(10)13/h4-6,11-12H,7-9H2,1-3H3,(H,18,21)(H,19,20). The van der Waals surface area contributed by atoms with Crippen LogP contribution in [0.3, 0.4) is 0 Å². The van der Waals surface area contributed by atoms with E-state index < -0.39 is 0 Å². The van der Waals surface area contributed by atoms with Crippen LogP contribution in [0.1, 0.15) is 49.5 Å². The Labute approximate surface area is 125 Å². The number of nitrogens with one attached hydrogen (secondary N) is 2. The maximum Gasteiger partial charge on any atom is 0.254 e. The van der Waals surface area contributed by atoms with E-state index in [0.29, 0.717) is 23.7 Å². The molecule has 0 bridgehead atoms. The van der Waals surface area contributed by atoms with Crippen LogP contribution in [0.15, 0.2) is 18.2 Å². The minimum atomic E-state index is -0.0953. The van der Waals surface area contributed by atoms with E-state index in [9.17, 15) is 9.59 Å². The Morgan fingerprint density at radius 3 is 2.67 bits per heavy atom. The molecule has 1 aliphatic carbocycles. The largest absolute Gasteiger partial charge is 0.348 e. The van der Waals surface area contributed by atoms with Crippen LogP contribution in [0.4, 0.5) is 5.69 Å². The molecule has 0 spiro atoms. The van der Waals surface area contributed by atoms with Crippen molar-refractivity contribution in [1.29, 1.82) is 0 Å². The van der Waals surface area contributed by atoms with E-state index in [0.717, 1.165) is 18.4 Å². The molecule has 1 saturated carbocycles. The first-order valence-electron chi connectivity index (χ1n) is 7.57. The summed E-state index contributed by atoms with van der Waals surface area (Å²) < 4.78 is 0. The second-order valence-electron chi connectivity index (χ2n) is 7.24. The zero-order valence-electron chi connectivity index (χ0n) is 12.8. The summed E-state index contributed by atoms with van der Waals surface area (Å²) in [7, 11) is 0. The van der Waals surface area contributed by atoms with Gasteiger partial charge in [0.05, 0.1) is 11.3 Å². The minimum Gasteiger partial charge on any atom is -0.348 e. The Morgan fingerprint density at radius 1 is 1.29 bits per heavy atom. The molecule has 0 radical (unpaired) electrons. The first-order chi connectivity index (χ1) is 9.86. The lowest BCUT2D eigenvalue weighted by molar-refractivity contribution is -0.125. The van der Waals surface area contributed by atoms with Crippen molar-refractivity contribution in [3.8, 4) is 0 Å². The van der Waals surface area contributed by atoms with Gasteiger partial charge in [0.15, 0.2) is 0 Å². The average molecular weight is 286 g/mol. The first-order valence-corrected chi connectivity index (χ1v) is 7.57. The van der Waals surface area contributed by atoms with Crippen LogP contribution in [0, 0.1) is 17.3 Å². The van der Waals surface area contributed by atoms with E-state index in [2.05, 4.69) is 31.4 Å². The Bertz CT molecular complexity index is 595. The Kier molecular flexibility index (Phi) is 3.27. The summed E-state index contributed by atoms with van der Waals surface area (Å²) in [6.07, 6.45) is 1.88. The highest BCUT2D eigenvalue weighted by atomic mass is 16.2. The fourth-order valence-electron chi connectivity index (χ4n) is 3.16. The van der Waals surface area contributed by atoms with Gasteiger partial charge in [-0.1, -0.05) is 32.9 Å². The van der Waals surface area contributed by atoms with Crippen molar-refractivity contribution >= 4 is 17.5 Å². The molecule has 2 N–H and O–H groups in total. The van der Waals surface area contributed by atoms with Gasteiger partial charge in [-0.2, -0.15) is 0 Å². The van der Waals surface area contributed by atoms with Gasteiger partial charge in [0.25, 0.3) is 5.91 Å². The van der Waals surface area contributed by atoms with Crippen LogP contribution in [0.25, 0.3) is 0 Å². The molecule has 0 saturated heterocycles. The normalized spacial score (nSPS) is 24.0. The highest BCUT2D eigenvalue weighted by Gasteiger charge is 2.40. The Hall–Kier alpha value is -1.84. The van der Waals surface area contributed by atoms with Crippen LogP contribution >= 0.6 is 0 Å². The number of benzene rings is 1. The molecule has 1 aromatic carbocycles. The van der Waals surface area contributed by atoms with Crippen molar-refractivity contribution in [2.75, 3.05) is 5.32 Å². The number of rotatable bonds is 2. The van der Waals surface area contributed by atoms with Crippen LogP contribution in [-0.2, 0) is 11.3 Å². The van der Waals surface area contributed by atoms with Gasteiger partial charge in [-0.3, -0.25) is 9.59 Å². The van der Waals surface area contributed by atoms with Crippen LogP contribution in [-0.4, -0.2) is 11.8 Å². The quantitative estimate of drug-likeness (QED) is 0.878. The number of hydrogen-bond acceptors (Lipinski definition) is 2. The molecular weight excluding hydrogens is 264 g/mol. The van der Waals surface area contributed by atoms with Gasteiger partial charge in [0, 0.05) is 12.5 Å². The van der Waals surface area contributed by atoms with Gasteiger partial charge in [0.2, 0.25) is 5.91 Å². The van der Waals surface area contributed by atoms with Crippen molar-refractivity contribution in [1.82, 2.24) is 5.32 Å². The summed E-state index contributed by atoms with van der Waals surface area (Å²) in [5, 5.41) is 5.74. The molecule has 3 rings (SSSR count). The topological polar surface area (TPSA) is 58.2 Å². The smallest absolute Gasteiger partial charge is 0.254 e. The van der Waals surface area contributed by atoms with Crippen molar-refractivity contribution in [3.63, 3.8) is 0 Å². The van der Waals surface area contributed by atoms with E-state index in [-0.39, 0.29) is 23.1 Å². The molecule has 0 aromatic heterocycles. The number of fused-ring (bicyclic) bond motifs is 1. The van der Waals surface area contributed by atoms with E-state index >= 15 is 0 Å². The van der Waals surface area contributed by atoms with Gasteiger partial charge < -0.3 is 10.6 Å². The molecule has 21 heavy (non-hydrogen) atoms. The number of carbonyl (C=O) groups excluding carboxylic acids is 2. The predicted octanol–water partition coefficient (Wildman–Crippen LogP) is 2.94. The van der Waals surface area contributed by atoms with Crippen LogP contribution < -0.4 is 10.6 Å². The number of anilines is 1. The molecule has 1 aromatic rings. The highest BCUT2D eigenvalue weighted by molar-refractivity contribution is 6.07. The lowest BCUT2D eigenvalue weighted by Crippen LogP contribution is -2.40. The van der Waals surface area contributed by atoms with Crippen LogP contribution in [0.5, 0.6) is 0 Å². The van der Waals surface area contributed by atoms with Crippen molar-refractivity contribution in [2.45, 2.75) is 40.2 Å². The second kappa shape index (κ2) is 4.86. The summed E-state index contributed by atoms with van der Waals surface area (Å²) in [4.78, 5) is 24.2. The van der Waals surface area contributed by atoms with Gasteiger partial charge in [-0.05, 0) is 35.8 Å². The maximum absolute atomic E-state index is 12.3. The Morgan fingerprint density at radius 2 is 2.00 bits per heavy atom. The third-order valence-electron chi connectivity index (χ3n) is 4.81. The fourth-order valence-corrected chi connectivity index (χ4v) is 3.16. The summed E-state index contributed by atoms with van der Waals surface area (Å²) in [5.74, 6) is 0.637. The third kappa shape index (κ3) is 2.55. The molecule has 0 unspecified atom stereocenters. The molecule has 1 fully saturated rings. The summed E-state index contributed by atoms with van der Waals surface area (Å²) in [6.45, 7) is 7.22. The molecule has 112 valence electrons. The van der Waals surface area contributed by atoms with Gasteiger partial charge in [-0.25, -0.2) is 0 Å². The highest BCUT2D eigenvalue weighted by Crippen LogP contribution is 2.45. The van der Waals surface area contributed by atoms with Crippen molar-refractivity contribution < 1.29 is 9.59 Å². The number of carbonyl (C=O) groups is 2. The monoisotopic (exact) mass is 286 g/mol. The van der Waals surface area contributed by atoms with Crippen molar-refractivity contribution in [2.24, 2.45) is 17.3 Å². The molecule has 4 nitrogen and oxygen atoms in total. The van der Waals surface area contributed by atoms with E-state index in [1.165, 1.54) is 0 Å². The molecule has 1 heterocycles. The molecule has 2 amide bonds. The number of hydrogen-bond donors (Lipinski definition) is 2. The number of amides is 2. The van der Waals surface area contributed by atoms with Gasteiger partial charge in [0.1, 0.15) is 0 Å². The fraction of sp³-hybridized carbons (Fsp3) is 0.529. The summed E-state index contributed by atoms with van der Waals surface area (Å²) in [6, 6.07) is 5.61. The van der Waals surface area contributed by atoms with Crippen LogP contribution in [0.2, 0.25) is 0 Å². The molecule has 0 atom stereocenters.